The van der Waals surface area contributed by atoms with Crippen LogP contribution in [0.3, 0.4) is 0 Å². The fourth-order valence-electron chi connectivity index (χ4n) is 4.11. The third-order valence-electron chi connectivity index (χ3n) is 4.82. The zero-order chi connectivity index (χ0) is 11.4. The van der Waals surface area contributed by atoms with Crippen molar-refractivity contribution in [1.29, 1.82) is 0 Å². The standard InChI is InChI=1S/C15H29N/c1-16(2)12-14-10-5-3-4-8-13-9-6-7-11-15(13)14/h13-15H,3-12H2,1-2H3. The van der Waals surface area contributed by atoms with Crippen LogP contribution in [-0.2, 0) is 0 Å². The number of nitrogens with zero attached hydrogens (tertiary/aromatic N) is 1. The Morgan fingerprint density at radius 2 is 1.44 bits per heavy atom. The summed E-state index contributed by atoms with van der Waals surface area (Å²) in [4.78, 5) is 2.41. The molecule has 2 aliphatic rings. The molecule has 2 rings (SSSR count). The smallest absolute Gasteiger partial charge is 0.000631 e. The summed E-state index contributed by atoms with van der Waals surface area (Å²) in [6.07, 6.45) is 13.6. The van der Waals surface area contributed by atoms with Crippen molar-refractivity contribution in [1.82, 2.24) is 4.90 Å². The molecule has 0 aromatic heterocycles. The van der Waals surface area contributed by atoms with Gasteiger partial charge in [-0.25, -0.2) is 0 Å². The van der Waals surface area contributed by atoms with Crippen LogP contribution in [0, 0.1) is 17.8 Å². The molecule has 1 heteroatoms. The average molecular weight is 223 g/mol. The van der Waals surface area contributed by atoms with E-state index < -0.39 is 0 Å². The molecule has 0 aromatic carbocycles. The second kappa shape index (κ2) is 6.05. The van der Waals surface area contributed by atoms with Crippen molar-refractivity contribution >= 4 is 0 Å². The van der Waals surface area contributed by atoms with Gasteiger partial charge in [0.15, 0.2) is 0 Å². The maximum atomic E-state index is 2.41. The quantitative estimate of drug-likeness (QED) is 0.685. The molecular weight excluding hydrogens is 194 g/mol. The Balaban J connectivity index is 1.99. The van der Waals surface area contributed by atoms with E-state index in [1.54, 1.807) is 0 Å². The minimum Gasteiger partial charge on any atom is -0.309 e. The lowest BCUT2D eigenvalue weighted by Crippen LogP contribution is -2.34. The van der Waals surface area contributed by atoms with Crippen LogP contribution in [0.25, 0.3) is 0 Å². The van der Waals surface area contributed by atoms with E-state index in [9.17, 15) is 0 Å². The molecule has 0 radical (unpaired) electrons. The summed E-state index contributed by atoms with van der Waals surface area (Å²) in [5, 5.41) is 0. The van der Waals surface area contributed by atoms with Gasteiger partial charge in [0.2, 0.25) is 0 Å². The molecule has 3 atom stereocenters. The molecular formula is C15H29N. The molecule has 1 nitrogen and oxygen atoms in total. The number of rotatable bonds is 2. The zero-order valence-corrected chi connectivity index (χ0v) is 11.3. The van der Waals surface area contributed by atoms with E-state index in [0.29, 0.717) is 0 Å². The van der Waals surface area contributed by atoms with Gasteiger partial charge in [-0.15, -0.1) is 0 Å². The van der Waals surface area contributed by atoms with Crippen LogP contribution in [0.5, 0.6) is 0 Å². The van der Waals surface area contributed by atoms with Crippen LogP contribution in [-0.4, -0.2) is 25.5 Å². The third-order valence-corrected chi connectivity index (χ3v) is 4.82. The van der Waals surface area contributed by atoms with Gasteiger partial charge in [0.25, 0.3) is 0 Å². The fourth-order valence-corrected chi connectivity index (χ4v) is 4.11. The molecule has 0 heterocycles. The molecule has 0 aromatic rings. The molecule has 2 aliphatic carbocycles. The van der Waals surface area contributed by atoms with Gasteiger partial charge in [0.1, 0.15) is 0 Å². The Labute approximate surface area is 102 Å². The topological polar surface area (TPSA) is 3.24 Å². The van der Waals surface area contributed by atoms with Crippen LogP contribution < -0.4 is 0 Å². The minimum absolute atomic E-state index is 1.00. The normalized spacial score (nSPS) is 36.6. The van der Waals surface area contributed by atoms with E-state index in [2.05, 4.69) is 19.0 Å². The molecule has 3 unspecified atom stereocenters. The highest BCUT2D eigenvalue weighted by atomic mass is 15.1. The Hall–Kier alpha value is -0.0400. The van der Waals surface area contributed by atoms with Crippen molar-refractivity contribution in [3.63, 3.8) is 0 Å². The van der Waals surface area contributed by atoms with Crippen molar-refractivity contribution < 1.29 is 0 Å². The predicted molar refractivity (Wildman–Crippen MR) is 70.6 cm³/mol. The second-order valence-corrected chi connectivity index (χ2v) is 6.37. The van der Waals surface area contributed by atoms with Gasteiger partial charge in [0, 0.05) is 6.54 Å². The van der Waals surface area contributed by atoms with Gasteiger partial charge in [0.05, 0.1) is 0 Å². The highest BCUT2D eigenvalue weighted by molar-refractivity contribution is 4.83. The average Bonchev–Trinajstić information content (AvgIpc) is 2.24. The number of hydrogen-bond donors (Lipinski definition) is 0. The van der Waals surface area contributed by atoms with E-state index in [-0.39, 0.29) is 0 Å². The number of hydrogen-bond acceptors (Lipinski definition) is 1. The Morgan fingerprint density at radius 3 is 2.19 bits per heavy atom. The Kier molecular flexibility index (Phi) is 4.69. The summed E-state index contributed by atoms with van der Waals surface area (Å²) in [5.74, 6) is 3.15. The summed E-state index contributed by atoms with van der Waals surface area (Å²) in [5.41, 5.74) is 0. The first kappa shape index (κ1) is 12.4. The first-order valence-corrected chi connectivity index (χ1v) is 7.42. The van der Waals surface area contributed by atoms with Crippen molar-refractivity contribution in [3.8, 4) is 0 Å². The highest BCUT2D eigenvalue weighted by Crippen LogP contribution is 2.41. The summed E-state index contributed by atoms with van der Waals surface area (Å²) >= 11 is 0. The Morgan fingerprint density at radius 1 is 0.812 bits per heavy atom. The summed E-state index contributed by atoms with van der Waals surface area (Å²) in [6.45, 7) is 1.33. The lowest BCUT2D eigenvalue weighted by molar-refractivity contribution is 0.107. The first-order chi connectivity index (χ1) is 7.77. The zero-order valence-electron chi connectivity index (χ0n) is 11.3. The van der Waals surface area contributed by atoms with Crippen molar-refractivity contribution in [2.45, 2.75) is 57.8 Å². The molecule has 2 saturated carbocycles. The maximum absolute atomic E-state index is 2.41. The monoisotopic (exact) mass is 223 g/mol. The van der Waals surface area contributed by atoms with E-state index in [0.717, 1.165) is 17.8 Å². The van der Waals surface area contributed by atoms with Gasteiger partial charge < -0.3 is 4.90 Å². The molecule has 94 valence electrons. The second-order valence-electron chi connectivity index (χ2n) is 6.37. The summed E-state index contributed by atoms with van der Waals surface area (Å²) in [7, 11) is 4.49. The van der Waals surface area contributed by atoms with E-state index in [1.165, 1.54) is 64.3 Å². The van der Waals surface area contributed by atoms with E-state index >= 15 is 0 Å². The van der Waals surface area contributed by atoms with Gasteiger partial charge in [-0.2, -0.15) is 0 Å². The first-order valence-electron chi connectivity index (χ1n) is 7.42. The predicted octanol–water partition coefficient (Wildman–Crippen LogP) is 3.93. The van der Waals surface area contributed by atoms with Gasteiger partial charge in [-0.3, -0.25) is 0 Å². The van der Waals surface area contributed by atoms with Gasteiger partial charge in [-0.1, -0.05) is 44.9 Å². The summed E-state index contributed by atoms with van der Waals surface area (Å²) < 4.78 is 0. The molecule has 0 bridgehead atoms. The van der Waals surface area contributed by atoms with Crippen molar-refractivity contribution in [2.75, 3.05) is 20.6 Å². The largest absolute Gasteiger partial charge is 0.309 e. The molecule has 0 N–H and O–H groups in total. The maximum Gasteiger partial charge on any atom is 0.000631 e. The van der Waals surface area contributed by atoms with Crippen LogP contribution >= 0.6 is 0 Å². The summed E-state index contributed by atoms with van der Waals surface area (Å²) in [6, 6.07) is 0. The lowest BCUT2D eigenvalue weighted by Gasteiger charge is -2.40. The van der Waals surface area contributed by atoms with Crippen LogP contribution in [0.15, 0.2) is 0 Å². The highest BCUT2D eigenvalue weighted by Gasteiger charge is 2.32. The van der Waals surface area contributed by atoms with Crippen LogP contribution in [0.1, 0.15) is 57.8 Å². The number of fused-ring (bicyclic) bond motifs is 1. The minimum atomic E-state index is 1.00. The molecule has 0 spiro atoms. The van der Waals surface area contributed by atoms with Crippen molar-refractivity contribution in [2.24, 2.45) is 17.8 Å². The van der Waals surface area contributed by atoms with Crippen LogP contribution in [0.4, 0.5) is 0 Å². The molecule has 0 amide bonds. The molecule has 0 saturated heterocycles. The van der Waals surface area contributed by atoms with E-state index in [1.807, 2.05) is 0 Å². The van der Waals surface area contributed by atoms with Crippen LogP contribution in [0.2, 0.25) is 0 Å². The third kappa shape index (κ3) is 3.23. The van der Waals surface area contributed by atoms with E-state index in [4.69, 9.17) is 0 Å². The fraction of sp³-hybridized carbons (Fsp3) is 1.00. The Bertz CT molecular complexity index is 200. The van der Waals surface area contributed by atoms with Crippen molar-refractivity contribution in [3.05, 3.63) is 0 Å². The molecule has 16 heavy (non-hydrogen) atoms. The van der Waals surface area contributed by atoms with Gasteiger partial charge >= 0.3 is 0 Å². The van der Waals surface area contributed by atoms with Gasteiger partial charge in [-0.05, 0) is 44.7 Å². The molecule has 2 fully saturated rings. The SMILES string of the molecule is CN(C)CC1CCCCCC2CCCCC21. The lowest BCUT2D eigenvalue weighted by atomic mass is 9.68. The molecule has 0 aliphatic heterocycles.